The zero-order valence-corrected chi connectivity index (χ0v) is 11.1. The fraction of sp³-hybridized carbons (Fsp3) is 0.833. The van der Waals surface area contributed by atoms with Gasteiger partial charge in [0.2, 0.25) is 0 Å². The summed E-state index contributed by atoms with van der Waals surface area (Å²) in [5.41, 5.74) is 0.200. The van der Waals surface area contributed by atoms with Crippen LogP contribution in [0.4, 0.5) is 0 Å². The minimum absolute atomic E-state index is 0.200. The minimum Gasteiger partial charge on any atom is -0.381 e. The third kappa shape index (κ3) is 2.21. The van der Waals surface area contributed by atoms with Gasteiger partial charge in [-0.15, -0.1) is 0 Å². The molecule has 1 heterocycles. The Labute approximate surface area is 103 Å². The number of ether oxygens (including phenoxy) is 1. The summed E-state index contributed by atoms with van der Waals surface area (Å²) in [6.07, 6.45) is 3.05. The molecule has 1 aliphatic carbocycles. The lowest BCUT2D eigenvalue weighted by Gasteiger charge is -2.51. The van der Waals surface area contributed by atoms with Gasteiger partial charge < -0.3 is 10.1 Å². The van der Waals surface area contributed by atoms with Crippen molar-refractivity contribution in [3.8, 4) is 0 Å². The first-order valence-electron chi connectivity index (χ1n) is 6.22. The van der Waals surface area contributed by atoms with Crippen molar-refractivity contribution in [1.29, 1.82) is 0 Å². The van der Waals surface area contributed by atoms with Crippen molar-refractivity contribution in [3.05, 3.63) is 12.2 Å². The molecule has 5 nitrogen and oxygen atoms in total. The molecule has 2 unspecified atom stereocenters. The van der Waals surface area contributed by atoms with Crippen LogP contribution in [0.1, 0.15) is 33.0 Å². The van der Waals surface area contributed by atoms with Crippen molar-refractivity contribution in [2.75, 3.05) is 7.11 Å². The van der Waals surface area contributed by atoms with Crippen LogP contribution in [0, 0.1) is 5.41 Å². The number of rotatable bonds is 5. The second kappa shape index (κ2) is 4.74. The van der Waals surface area contributed by atoms with Crippen LogP contribution in [0.5, 0.6) is 0 Å². The third-order valence-electron chi connectivity index (χ3n) is 3.96. The van der Waals surface area contributed by atoms with Crippen LogP contribution in [-0.4, -0.2) is 34.0 Å². The average molecular weight is 238 g/mol. The molecule has 96 valence electrons. The molecule has 1 aliphatic rings. The Hall–Kier alpha value is -0.940. The highest BCUT2D eigenvalue weighted by atomic mass is 16.5. The van der Waals surface area contributed by atoms with E-state index in [1.807, 2.05) is 4.68 Å². The molecule has 1 fully saturated rings. The molecule has 1 aromatic heterocycles. The van der Waals surface area contributed by atoms with Crippen LogP contribution >= 0.6 is 0 Å². The molecule has 2 rings (SSSR count). The lowest BCUT2D eigenvalue weighted by atomic mass is 9.64. The second-order valence-electron chi connectivity index (χ2n) is 5.21. The van der Waals surface area contributed by atoms with Crippen LogP contribution in [-0.2, 0) is 17.8 Å². The van der Waals surface area contributed by atoms with Gasteiger partial charge in [-0.3, -0.25) is 0 Å². The molecule has 2 atom stereocenters. The topological polar surface area (TPSA) is 52.0 Å². The number of hydrogen-bond acceptors (Lipinski definition) is 4. The molecule has 1 aromatic rings. The Morgan fingerprint density at radius 2 is 2.35 bits per heavy atom. The van der Waals surface area contributed by atoms with E-state index in [1.165, 1.54) is 0 Å². The molecule has 0 saturated heterocycles. The van der Waals surface area contributed by atoms with Crippen molar-refractivity contribution in [2.45, 2.75) is 52.4 Å². The largest absolute Gasteiger partial charge is 0.381 e. The molecule has 0 amide bonds. The molecule has 0 spiro atoms. The number of nitrogens with zero attached hydrogens (tertiary/aromatic N) is 3. The van der Waals surface area contributed by atoms with Crippen molar-refractivity contribution in [3.63, 3.8) is 0 Å². The number of hydrogen-bond donors (Lipinski definition) is 1. The van der Waals surface area contributed by atoms with Crippen LogP contribution in [0.15, 0.2) is 6.33 Å². The van der Waals surface area contributed by atoms with Crippen LogP contribution < -0.4 is 5.32 Å². The second-order valence-corrected chi connectivity index (χ2v) is 5.21. The van der Waals surface area contributed by atoms with E-state index in [1.54, 1.807) is 13.4 Å². The highest BCUT2D eigenvalue weighted by Gasteiger charge is 2.48. The summed E-state index contributed by atoms with van der Waals surface area (Å²) in [5.74, 6) is 1.00. The van der Waals surface area contributed by atoms with Gasteiger partial charge in [0.05, 0.1) is 12.6 Å². The Balaban J connectivity index is 1.88. The van der Waals surface area contributed by atoms with E-state index in [0.717, 1.165) is 25.3 Å². The van der Waals surface area contributed by atoms with E-state index >= 15 is 0 Å². The first-order valence-corrected chi connectivity index (χ1v) is 6.22. The maximum Gasteiger partial charge on any atom is 0.140 e. The summed E-state index contributed by atoms with van der Waals surface area (Å²) in [5, 5.41) is 7.71. The van der Waals surface area contributed by atoms with Gasteiger partial charge in [-0.25, -0.2) is 9.67 Å². The van der Waals surface area contributed by atoms with Gasteiger partial charge in [-0.1, -0.05) is 13.8 Å². The Kier molecular flexibility index (Phi) is 3.49. The summed E-state index contributed by atoms with van der Waals surface area (Å²) >= 11 is 0. The Morgan fingerprint density at radius 3 is 2.94 bits per heavy atom. The summed E-state index contributed by atoms with van der Waals surface area (Å²) in [7, 11) is 1.79. The lowest BCUT2D eigenvalue weighted by molar-refractivity contribution is -0.0981. The van der Waals surface area contributed by atoms with E-state index in [2.05, 4.69) is 36.2 Å². The zero-order chi connectivity index (χ0) is 12.5. The van der Waals surface area contributed by atoms with Gasteiger partial charge in [-0.2, -0.15) is 5.10 Å². The van der Waals surface area contributed by atoms with E-state index in [4.69, 9.17) is 4.74 Å². The van der Waals surface area contributed by atoms with Gasteiger partial charge in [0.25, 0.3) is 0 Å². The first kappa shape index (κ1) is 12.5. The first-order chi connectivity index (χ1) is 8.09. The van der Waals surface area contributed by atoms with Crippen molar-refractivity contribution >= 4 is 0 Å². The zero-order valence-electron chi connectivity index (χ0n) is 11.1. The van der Waals surface area contributed by atoms with E-state index in [9.17, 15) is 0 Å². The smallest absolute Gasteiger partial charge is 0.140 e. The fourth-order valence-electron chi connectivity index (χ4n) is 2.54. The van der Waals surface area contributed by atoms with Crippen molar-refractivity contribution in [1.82, 2.24) is 20.1 Å². The normalized spacial score (nSPS) is 26.8. The maximum atomic E-state index is 5.44. The highest BCUT2D eigenvalue weighted by Crippen LogP contribution is 2.42. The summed E-state index contributed by atoms with van der Waals surface area (Å²) in [4.78, 5) is 4.26. The van der Waals surface area contributed by atoms with Gasteiger partial charge in [0.1, 0.15) is 12.2 Å². The Morgan fingerprint density at radius 1 is 1.59 bits per heavy atom. The molecular weight excluding hydrogens is 216 g/mol. The van der Waals surface area contributed by atoms with Gasteiger partial charge >= 0.3 is 0 Å². The molecule has 1 N–H and O–H groups in total. The highest BCUT2D eigenvalue weighted by molar-refractivity contribution is 5.03. The molecule has 0 aromatic carbocycles. The Bertz CT molecular complexity index is 374. The van der Waals surface area contributed by atoms with Gasteiger partial charge in [0, 0.05) is 25.1 Å². The standard InChI is InChI=1S/C12H22N4O/c1-5-16-11(14-8-15-16)7-13-9-6-10(17-4)12(9,2)3/h8-10,13H,5-7H2,1-4H3. The van der Waals surface area contributed by atoms with Crippen molar-refractivity contribution in [2.24, 2.45) is 5.41 Å². The average Bonchev–Trinajstić information content (AvgIpc) is 2.75. The number of aryl methyl sites for hydroxylation is 1. The molecule has 0 radical (unpaired) electrons. The predicted molar refractivity (Wildman–Crippen MR) is 65.5 cm³/mol. The predicted octanol–water partition coefficient (Wildman–Crippen LogP) is 1.20. The summed E-state index contributed by atoms with van der Waals surface area (Å²) < 4.78 is 7.36. The third-order valence-corrected chi connectivity index (χ3v) is 3.96. The SMILES string of the molecule is CCn1ncnc1CNC1CC(OC)C1(C)C. The number of methoxy groups -OCH3 is 1. The van der Waals surface area contributed by atoms with Crippen LogP contribution in [0.25, 0.3) is 0 Å². The van der Waals surface area contributed by atoms with Crippen LogP contribution in [0.3, 0.4) is 0 Å². The molecule has 5 heteroatoms. The number of aromatic nitrogens is 3. The molecule has 0 aliphatic heterocycles. The number of nitrogens with one attached hydrogen (secondary N) is 1. The summed E-state index contributed by atoms with van der Waals surface area (Å²) in [6, 6.07) is 0.495. The lowest BCUT2D eigenvalue weighted by Crippen LogP contribution is -2.60. The quantitative estimate of drug-likeness (QED) is 0.837. The summed E-state index contributed by atoms with van der Waals surface area (Å²) in [6.45, 7) is 8.20. The minimum atomic E-state index is 0.200. The van der Waals surface area contributed by atoms with Crippen molar-refractivity contribution < 1.29 is 4.74 Å². The molecule has 17 heavy (non-hydrogen) atoms. The molecule has 1 saturated carbocycles. The van der Waals surface area contributed by atoms with Gasteiger partial charge in [-0.05, 0) is 13.3 Å². The molecule has 0 bridgehead atoms. The van der Waals surface area contributed by atoms with E-state index in [-0.39, 0.29) is 5.41 Å². The van der Waals surface area contributed by atoms with E-state index < -0.39 is 0 Å². The van der Waals surface area contributed by atoms with Crippen LogP contribution in [0.2, 0.25) is 0 Å². The van der Waals surface area contributed by atoms with E-state index in [0.29, 0.717) is 12.1 Å². The maximum absolute atomic E-state index is 5.44. The van der Waals surface area contributed by atoms with Gasteiger partial charge in [0.15, 0.2) is 0 Å². The fourth-order valence-corrected chi connectivity index (χ4v) is 2.54. The molecular formula is C12H22N4O. The monoisotopic (exact) mass is 238 g/mol.